The zero-order chi connectivity index (χ0) is 20.3. The van der Waals surface area contributed by atoms with Gasteiger partial charge in [-0.15, -0.1) is 0 Å². The number of anilines is 1. The van der Waals surface area contributed by atoms with E-state index in [0.29, 0.717) is 10.7 Å². The number of carbonyl (C=O) groups excluding carboxylic acids is 2. The van der Waals surface area contributed by atoms with Gasteiger partial charge in [-0.2, -0.15) is 5.10 Å². The molecule has 0 aliphatic heterocycles. The summed E-state index contributed by atoms with van der Waals surface area (Å²) < 4.78 is 6.84. The van der Waals surface area contributed by atoms with Crippen LogP contribution in [0.5, 0.6) is 0 Å². The maximum absolute atomic E-state index is 12.6. The maximum atomic E-state index is 12.6. The van der Waals surface area contributed by atoms with Crippen LogP contribution in [0, 0.1) is 0 Å². The molecule has 7 nitrogen and oxygen atoms in total. The number of amides is 1. The Labute approximate surface area is 167 Å². The molecule has 0 spiro atoms. The molecule has 3 rings (SSSR count). The first-order valence-corrected chi connectivity index (χ1v) is 8.92. The summed E-state index contributed by atoms with van der Waals surface area (Å²) in [4.78, 5) is 29.3. The van der Waals surface area contributed by atoms with Crippen molar-refractivity contribution in [3.8, 4) is 5.69 Å². The van der Waals surface area contributed by atoms with Crippen LogP contribution in [0.25, 0.3) is 5.69 Å². The standard InChI is InChI=1S/C20H19ClN4O3/c1-20(2,3)28-19(27)16-12-15(24-25(16)14-7-5-4-6-8-14)18(26)23-17-11-13(21)9-10-22-17/h4-12H,1-3H3,(H,22,23,26). The fourth-order valence-corrected chi connectivity index (χ4v) is 2.55. The van der Waals surface area contributed by atoms with Gasteiger partial charge in [-0.1, -0.05) is 29.8 Å². The number of benzene rings is 1. The summed E-state index contributed by atoms with van der Waals surface area (Å²) in [5.41, 5.74) is 0.135. The van der Waals surface area contributed by atoms with E-state index >= 15 is 0 Å². The fraction of sp³-hybridized carbons (Fsp3) is 0.200. The van der Waals surface area contributed by atoms with E-state index in [1.165, 1.54) is 23.0 Å². The highest BCUT2D eigenvalue weighted by atomic mass is 35.5. The second-order valence-corrected chi connectivity index (χ2v) is 7.41. The van der Waals surface area contributed by atoms with Crippen molar-refractivity contribution in [2.45, 2.75) is 26.4 Å². The van der Waals surface area contributed by atoms with Gasteiger partial charge in [-0.3, -0.25) is 4.79 Å². The van der Waals surface area contributed by atoms with E-state index in [9.17, 15) is 9.59 Å². The minimum atomic E-state index is -0.685. The molecule has 0 saturated heterocycles. The lowest BCUT2D eigenvalue weighted by molar-refractivity contribution is 0.00593. The van der Waals surface area contributed by atoms with E-state index in [0.717, 1.165) is 0 Å². The van der Waals surface area contributed by atoms with Gasteiger partial charge >= 0.3 is 5.97 Å². The van der Waals surface area contributed by atoms with Crippen molar-refractivity contribution < 1.29 is 14.3 Å². The number of nitrogens with one attached hydrogen (secondary N) is 1. The molecule has 1 amide bonds. The number of ether oxygens (including phenoxy) is 1. The van der Waals surface area contributed by atoms with Gasteiger partial charge in [-0.25, -0.2) is 14.5 Å². The summed E-state index contributed by atoms with van der Waals surface area (Å²) >= 11 is 5.91. The van der Waals surface area contributed by atoms with Crippen molar-refractivity contribution >= 4 is 29.3 Å². The van der Waals surface area contributed by atoms with E-state index in [2.05, 4.69) is 15.4 Å². The molecule has 28 heavy (non-hydrogen) atoms. The zero-order valence-electron chi connectivity index (χ0n) is 15.6. The third-order valence-corrected chi connectivity index (χ3v) is 3.75. The molecule has 2 heterocycles. The van der Waals surface area contributed by atoms with Crippen molar-refractivity contribution in [2.75, 3.05) is 5.32 Å². The van der Waals surface area contributed by atoms with Crippen LogP contribution in [-0.4, -0.2) is 32.2 Å². The van der Waals surface area contributed by atoms with Crippen molar-refractivity contribution in [2.24, 2.45) is 0 Å². The highest BCUT2D eigenvalue weighted by Crippen LogP contribution is 2.18. The van der Waals surface area contributed by atoms with Gasteiger partial charge < -0.3 is 10.1 Å². The van der Waals surface area contributed by atoms with Crippen molar-refractivity contribution in [1.82, 2.24) is 14.8 Å². The topological polar surface area (TPSA) is 86.1 Å². The molecule has 0 aliphatic rings. The summed E-state index contributed by atoms with van der Waals surface area (Å²) in [7, 11) is 0. The predicted molar refractivity (Wildman–Crippen MR) is 106 cm³/mol. The second-order valence-electron chi connectivity index (χ2n) is 6.98. The van der Waals surface area contributed by atoms with E-state index in [1.54, 1.807) is 39.0 Å². The molecule has 2 aromatic heterocycles. The normalized spacial score (nSPS) is 11.1. The van der Waals surface area contributed by atoms with Crippen molar-refractivity contribution in [3.05, 3.63) is 71.1 Å². The summed E-state index contributed by atoms with van der Waals surface area (Å²) in [6, 6.07) is 13.5. The molecule has 8 heteroatoms. The molecule has 0 aliphatic carbocycles. The smallest absolute Gasteiger partial charge is 0.357 e. The minimum absolute atomic E-state index is 0.0477. The number of nitrogens with zero attached hydrogens (tertiary/aromatic N) is 3. The van der Waals surface area contributed by atoms with Crippen LogP contribution in [0.2, 0.25) is 5.02 Å². The number of aromatic nitrogens is 3. The number of carbonyl (C=O) groups is 2. The van der Waals surface area contributed by atoms with Crippen LogP contribution in [0.4, 0.5) is 5.82 Å². The summed E-state index contributed by atoms with van der Waals surface area (Å²) in [6.45, 7) is 5.31. The van der Waals surface area contributed by atoms with Crippen LogP contribution in [0.3, 0.4) is 0 Å². The number of hydrogen-bond donors (Lipinski definition) is 1. The zero-order valence-corrected chi connectivity index (χ0v) is 16.4. The van der Waals surface area contributed by atoms with E-state index in [4.69, 9.17) is 16.3 Å². The SMILES string of the molecule is CC(C)(C)OC(=O)c1cc(C(=O)Nc2cc(Cl)ccn2)nn1-c1ccccc1. The van der Waals surface area contributed by atoms with E-state index < -0.39 is 17.5 Å². The Morgan fingerprint density at radius 2 is 1.82 bits per heavy atom. The van der Waals surface area contributed by atoms with Crippen molar-refractivity contribution in [3.63, 3.8) is 0 Å². The highest BCUT2D eigenvalue weighted by molar-refractivity contribution is 6.30. The quantitative estimate of drug-likeness (QED) is 0.668. The molecule has 0 atom stereocenters. The number of pyridine rings is 1. The van der Waals surface area contributed by atoms with Gasteiger partial charge in [0.2, 0.25) is 0 Å². The third kappa shape index (κ3) is 4.75. The van der Waals surface area contributed by atoms with Crippen LogP contribution < -0.4 is 5.32 Å². The summed E-state index contributed by atoms with van der Waals surface area (Å²) in [5.74, 6) is -0.816. The molecule has 0 fully saturated rings. The lowest BCUT2D eigenvalue weighted by Crippen LogP contribution is -2.25. The highest BCUT2D eigenvalue weighted by Gasteiger charge is 2.25. The first kappa shape index (κ1) is 19.6. The Balaban J connectivity index is 1.96. The monoisotopic (exact) mass is 398 g/mol. The van der Waals surface area contributed by atoms with Gasteiger partial charge in [-0.05, 0) is 45.0 Å². The first-order chi connectivity index (χ1) is 13.2. The van der Waals surface area contributed by atoms with Gasteiger partial charge in [0.1, 0.15) is 11.4 Å². The van der Waals surface area contributed by atoms with Crippen LogP contribution in [-0.2, 0) is 4.74 Å². The lowest BCUT2D eigenvalue weighted by atomic mass is 10.2. The predicted octanol–water partition coefficient (Wildman–Crippen LogP) is 4.13. The largest absolute Gasteiger partial charge is 0.455 e. The fourth-order valence-electron chi connectivity index (χ4n) is 2.39. The molecule has 144 valence electrons. The van der Waals surface area contributed by atoms with Gasteiger partial charge in [0, 0.05) is 17.3 Å². The molecule has 0 saturated carbocycles. The molecular weight excluding hydrogens is 380 g/mol. The minimum Gasteiger partial charge on any atom is -0.455 e. The molecule has 0 bridgehead atoms. The van der Waals surface area contributed by atoms with Gasteiger partial charge in [0.05, 0.1) is 5.69 Å². The second kappa shape index (κ2) is 7.82. The van der Waals surface area contributed by atoms with Crippen LogP contribution in [0.1, 0.15) is 41.7 Å². The molecule has 3 aromatic rings. The third-order valence-electron chi connectivity index (χ3n) is 3.51. The Kier molecular flexibility index (Phi) is 5.46. The van der Waals surface area contributed by atoms with Crippen LogP contribution >= 0.6 is 11.6 Å². The average Bonchev–Trinajstić information content (AvgIpc) is 3.07. The van der Waals surface area contributed by atoms with Crippen LogP contribution in [0.15, 0.2) is 54.7 Å². The Bertz CT molecular complexity index is 1010. The molecule has 1 aromatic carbocycles. The molecular formula is C20H19ClN4O3. The number of rotatable bonds is 4. The molecule has 1 N–H and O–H groups in total. The average molecular weight is 399 g/mol. The van der Waals surface area contributed by atoms with Gasteiger partial charge in [0.25, 0.3) is 5.91 Å². The number of para-hydroxylation sites is 1. The van der Waals surface area contributed by atoms with Gasteiger partial charge in [0.15, 0.2) is 11.4 Å². The van der Waals surface area contributed by atoms with E-state index in [1.807, 2.05) is 18.2 Å². The number of halogens is 1. The molecule has 0 radical (unpaired) electrons. The Hall–Kier alpha value is -3.19. The maximum Gasteiger partial charge on any atom is 0.357 e. The number of esters is 1. The Morgan fingerprint density at radius 3 is 2.46 bits per heavy atom. The molecule has 0 unspecified atom stereocenters. The lowest BCUT2D eigenvalue weighted by Gasteiger charge is -2.19. The Morgan fingerprint density at radius 1 is 1.11 bits per heavy atom. The van der Waals surface area contributed by atoms with Crippen molar-refractivity contribution in [1.29, 1.82) is 0 Å². The summed E-state index contributed by atoms with van der Waals surface area (Å²) in [5, 5.41) is 7.35. The number of hydrogen-bond acceptors (Lipinski definition) is 5. The van der Waals surface area contributed by atoms with E-state index in [-0.39, 0.29) is 17.2 Å². The summed E-state index contributed by atoms with van der Waals surface area (Å²) in [6.07, 6.45) is 1.48. The first-order valence-electron chi connectivity index (χ1n) is 8.55.